The largest absolute Gasteiger partial charge is 0.393 e. The molecule has 0 radical (unpaired) electrons. The lowest BCUT2D eigenvalue weighted by Crippen LogP contribution is -2.41. The van der Waals surface area contributed by atoms with Crippen molar-refractivity contribution in [2.24, 2.45) is 11.7 Å². The summed E-state index contributed by atoms with van der Waals surface area (Å²) in [6.07, 6.45) is 5.52. The van der Waals surface area contributed by atoms with Crippen molar-refractivity contribution in [2.45, 2.75) is 38.6 Å². The molecule has 2 saturated heterocycles. The topological polar surface area (TPSA) is 32.5 Å². The monoisotopic (exact) mass is 255 g/mol. The van der Waals surface area contributed by atoms with Crippen LogP contribution in [0, 0.1) is 5.92 Å². The normalized spacial score (nSPS) is 29.4. The highest BCUT2D eigenvalue weighted by Gasteiger charge is 2.29. The minimum absolute atomic E-state index is 0.352. The number of nitrogens with two attached hydrogens (primary N) is 1. The molecule has 2 aliphatic rings. The van der Waals surface area contributed by atoms with E-state index in [-0.39, 0.29) is 0 Å². The molecule has 0 bridgehead atoms. The molecule has 0 amide bonds. The maximum absolute atomic E-state index is 5.69. The zero-order chi connectivity index (χ0) is 12.3. The lowest BCUT2D eigenvalue weighted by atomic mass is 10.1. The molecule has 0 aromatic carbocycles. The molecule has 2 heterocycles. The molecule has 2 rings (SSSR count). The summed E-state index contributed by atoms with van der Waals surface area (Å²) in [7, 11) is 0. The van der Waals surface area contributed by atoms with E-state index in [2.05, 4.69) is 16.7 Å². The first-order chi connectivity index (χ1) is 8.16. The minimum Gasteiger partial charge on any atom is -0.393 e. The van der Waals surface area contributed by atoms with Crippen molar-refractivity contribution in [3.63, 3.8) is 0 Å². The van der Waals surface area contributed by atoms with Crippen LogP contribution < -0.4 is 5.73 Å². The van der Waals surface area contributed by atoms with Crippen molar-refractivity contribution >= 4 is 17.2 Å². The predicted octanol–water partition coefficient (Wildman–Crippen LogP) is 1.47. The van der Waals surface area contributed by atoms with E-state index in [1.807, 2.05) is 0 Å². The van der Waals surface area contributed by atoms with Crippen molar-refractivity contribution in [1.82, 2.24) is 9.80 Å². The summed E-state index contributed by atoms with van der Waals surface area (Å²) in [5.74, 6) is 0.352. The smallest absolute Gasteiger partial charge is 0.0768 e. The van der Waals surface area contributed by atoms with Gasteiger partial charge in [-0.3, -0.25) is 4.90 Å². The van der Waals surface area contributed by atoms with Gasteiger partial charge in [0.1, 0.15) is 0 Å². The number of hydrogen-bond acceptors (Lipinski definition) is 3. The molecule has 0 aliphatic carbocycles. The van der Waals surface area contributed by atoms with E-state index in [1.165, 1.54) is 51.9 Å². The second kappa shape index (κ2) is 6.12. The van der Waals surface area contributed by atoms with Crippen LogP contribution in [0.1, 0.15) is 32.6 Å². The predicted molar refractivity (Wildman–Crippen MR) is 76.2 cm³/mol. The Labute approximate surface area is 110 Å². The van der Waals surface area contributed by atoms with E-state index in [9.17, 15) is 0 Å². The molecule has 0 aromatic rings. The summed E-state index contributed by atoms with van der Waals surface area (Å²) < 4.78 is 0. The van der Waals surface area contributed by atoms with E-state index >= 15 is 0 Å². The van der Waals surface area contributed by atoms with Gasteiger partial charge < -0.3 is 10.6 Å². The van der Waals surface area contributed by atoms with Crippen LogP contribution in [-0.2, 0) is 0 Å². The highest BCUT2D eigenvalue weighted by atomic mass is 32.1. The molecule has 2 unspecified atom stereocenters. The van der Waals surface area contributed by atoms with Crippen LogP contribution >= 0.6 is 12.2 Å². The van der Waals surface area contributed by atoms with Gasteiger partial charge >= 0.3 is 0 Å². The number of piperidine rings is 1. The van der Waals surface area contributed by atoms with Gasteiger partial charge in [-0.05, 0) is 38.9 Å². The van der Waals surface area contributed by atoms with Crippen molar-refractivity contribution in [2.75, 3.05) is 32.7 Å². The van der Waals surface area contributed by atoms with Crippen molar-refractivity contribution in [1.29, 1.82) is 0 Å². The first-order valence-electron chi connectivity index (χ1n) is 6.92. The molecule has 2 N–H and O–H groups in total. The Morgan fingerprint density at radius 1 is 1.29 bits per heavy atom. The summed E-state index contributed by atoms with van der Waals surface area (Å²) in [5.41, 5.74) is 5.69. The molecule has 4 heteroatoms. The van der Waals surface area contributed by atoms with Crippen LogP contribution in [0.3, 0.4) is 0 Å². The lowest BCUT2D eigenvalue weighted by molar-refractivity contribution is 0.161. The first kappa shape index (κ1) is 13.2. The number of hydrogen-bond donors (Lipinski definition) is 1. The molecule has 0 saturated carbocycles. The Kier molecular flexibility index (Phi) is 4.77. The minimum atomic E-state index is 0.352. The quantitative estimate of drug-likeness (QED) is 0.771. The zero-order valence-electron chi connectivity index (χ0n) is 10.9. The van der Waals surface area contributed by atoms with E-state index in [1.54, 1.807) is 0 Å². The van der Waals surface area contributed by atoms with Crippen LogP contribution in [0.5, 0.6) is 0 Å². The number of rotatable bonds is 4. The standard InChI is InChI=1S/C13H25N3S/c1-11(13(14)17)9-15-8-5-12(10-15)16-6-3-2-4-7-16/h11-12H,2-10H2,1H3,(H2,14,17). The number of likely N-dealkylation sites (tertiary alicyclic amines) is 2. The number of thiocarbonyl (C=S) groups is 1. The third-order valence-corrected chi connectivity index (χ3v) is 4.57. The highest BCUT2D eigenvalue weighted by Crippen LogP contribution is 2.20. The Bertz CT molecular complexity index is 263. The Balaban J connectivity index is 1.76. The molecular formula is C13H25N3S. The van der Waals surface area contributed by atoms with Crippen LogP contribution in [0.15, 0.2) is 0 Å². The van der Waals surface area contributed by atoms with Gasteiger partial charge in [-0.25, -0.2) is 0 Å². The van der Waals surface area contributed by atoms with E-state index in [0.29, 0.717) is 10.9 Å². The Morgan fingerprint density at radius 3 is 2.65 bits per heavy atom. The molecule has 0 spiro atoms. The van der Waals surface area contributed by atoms with Crippen LogP contribution in [0.25, 0.3) is 0 Å². The molecule has 3 nitrogen and oxygen atoms in total. The third kappa shape index (κ3) is 3.63. The molecule has 98 valence electrons. The second-order valence-corrected chi connectivity index (χ2v) is 6.07. The molecule has 0 aromatic heterocycles. The zero-order valence-corrected chi connectivity index (χ0v) is 11.7. The average molecular weight is 255 g/mol. The summed E-state index contributed by atoms with van der Waals surface area (Å²) >= 11 is 5.05. The van der Waals surface area contributed by atoms with Crippen LogP contribution in [0.2, 0.25) is 0 Å². The maximum atomic E-state index is 5.69. The summed E-state index contributed by atoms with van der Waals surface area (Å²) in [6, 6.07) is 0.786. The van der Waals surface area contributed by atoms with Gasteiger partial charge in [0.05, 0.1) is 4.99 Å². The van der Waals surface area contributed by atoms with Gasteiger partial charge in [0.2, 0.25) is 0 Å². The molecular weight excluding hydrogens is 230 g/mol. The average Bonchev–Trinajstić information content (AvgIpc) is 2.78. The van der Waals surface area contributed by atoms with E-state index in [0.717, 1.165) is 12.6 Å². The first-order valence-corrected chi connectivity index (χ1v) is 7.33. The molecule has 2 atom stereocenters. The molecule has 17 heavy (non-hydrogen) atoms. The SMILES string of the molecule is CC(CN1CCC(N2CCCCC2)C1)C(N)=S. The van der Waals surface area contributed by atoms with Crippen molar-refractivity contribution < 1.29 is 0 Å². The van der Waals surface area contributed by atoms with Gasteiger partial charge in [-0.15, -0.1) is 0 Å². The lowest BCUT2D eigenvalue weighted by Gasteiger charge is -2.32. The third-order valence-electron chi connectivity index (χ3n) is 4.17. The summed E-state index contributed by atoms with van der Waals surface area (Å²) in [4.78, 5) is 5.88. The highest BCUT2D eigenvalue weighted by molar-refractivity contribution is 7.80. The molecule has 2 aliphatic heterocycles. The Hall–Kier alpha value is -0.190. The van der Waals surface area contributed by atoms with Gasteiger partial charge in [0, 0.05) is 25.0 Å². The fourth-order valence-electron chi connectivity index (χ4n) is 3.04. The van der Waals surface area contributed by atoms with Crippen LogP contribution in [0.4, 0.5) is 0 Å². The fraction of sp³-hybridized carbons (Fsp3) is 0.923. The van der Waals surface area contributed by atoms with Gasteiger partial charge in [0.15, 0.2) is 0 Å². The van der Waals surface area contributed by atoms with E-state index < -0.39 is 0 Å². The van der Waals surface area contributed by atoms with Gasteiger partial charge in [-0.1, -0.05) is 25.6 Å². The maximum Gasteiger partial charge on any atom is 0.0768 e. The summed E-state index contributed by atoms with van der Waals surface area (Å²) in [5, 5.41) is 0. The summed E-state index contributed by atoms with van der Waals surface area (Å²) in [6.45, 7) is 8.23. The molecule has 2 fully saturated rings. The fourth-order valence-corrected chi connectivity index (χ4v) is 3.11. The van der Waals surface area contributed by atoms with Gasteiger partial charge in [0.25, 0.3) is 0 Å². The van der Waals surface area contributed by atoms with Crippen molar-refractivity contribution in [3.05, 3.63) is 0 Å². The van der Waals surface area contributed by atoms with Gasteiger partial charge in [-0.2, -0.15) is 0 Å². The second-order valence-electron chi connectivity index (χ2n) is 5.60. The Morgan fingerprint density at radius 2 is 2.00 bits per heavy atom. The number of nitrogens with zero attached hydrogens (tertiary/aromatic N) is 2. The van der Waals surface area contributed by atoms with E-state index in [4.69, 9.17) is 18.0 Å². The van der Waals surface area contributed by atoms with Crippen LogP contribution in [-0.4, -0.2) is 53.6 Å². The van der Waals surface area contributed by atoms with Crippen molar-refractivity contribution in [3.8, 4) is 0 Å².